The summed E-state index contributed by atoms with van der Waals surface area (Å²) in [7, 11) is 0. The Morgan fingerprint density at radius 2 is 0.737 bits per heavy atom. The maximum atomic E-state index is 2.26. The van der Waals surface area contributed by atoms with Crippen molar-refractivity contribution in [2.75, 3.05) is 0 Å². The molecule has 0 N–H and O–H groups in total. The zero-order valence-corrected chi connectivity index (χ0v) is 11.6. The Labute approximate surface area is 116 Å². The molecule has 0 heterocycles. The lowest BCUT2D eigenvalue weighted by Crippen LogP contribution is -2.00. The van der Waals surface area contributed by atoms with Crippen LogP contribution in [0.5, 0.6) is 0 Å². The van der Waals surface area contributed by atoms with Gasteiger partial charge >= 0.3 is 0 Å². The van der Waals surface area contributed by atoms with Gasteiger partial charge in [-0.15, -0.1) is 0 Å². The molecular formula is C19H22. The molecule has 0 nitrogen and oxygen atoms in total. The first kappa shape index (κ1) is 12.5. The van der Waals surface area contributed by atoms with Gasteiger partial charge < -0.3 is 0 Å². The third kappa shape index (κ3) is 3.07. The predicted octanol–water partition coefficient (Wildman–Crippen LogP) is 4.74. The van der Waals surface area contributed by atoms with E-state index in [1.54, 1.807) is 22.3 Å². The van der Waals surface area contributed by atoms with Gasteiger partial charge in [-0.1, -0.05) is 48.5 Å². The van der Waals surface area contributed by atoms with Crippen molar-refractivity contribution in [2.45, 2.75) is 44.9 Å². The van der Waals surface area contributed by atoms with Crippen molar-refractivity contribution in [3.05, 3.63) is 70.8 Å². The lowest BCUT2D eigenvalue weighted by molar-refractivity contribution is 0.685. The molecule has 0 radical (unpaired) electrons. The van der Waals surface area contributed by atoms with Crippen LogP contribution in [0.25, 0.3) is 0 Å². The molecule has 0 bridgehead atoms. The highest BCUT2D eigenvalue weighted by molar-refractivity contribution is 5.30. The van der Waals surface area contributed by atoms with Gasteiger partial charge in [-0.2, -0.15) is 0 Å². The van der Waals surface area contributed by atoms with Gasteiger partial charge in [-0.05, 0) is 67.2 Å². The first-order chi connectivity index (χ1) is 9.43. The zero-order chi connectivity index (χ0) is 12.9. The molecule has 0 atom stereocenters. The average Bonchev–Trinajstić information content (AvgIpc) is 2.96. The van der Waals surface area contributed by atoms with E-state index < -0.39 is 0 Å². The minimum Gasteiger partial charge on any atom is -0.0620 e. The fraction of sp³-hybridized carbons (Fsp3) is 0.368. The molecule has 0 fully saturated rings. The van der Waals surface area contributed by atoms with Crippen molar-refractivity contribution in [2.24, 2.45) is 0 Å². The summed E-state index contributed by atoms with van der Waals surface area (Å²) in [5.74, 6) is 0. The minimum atomic E-state index is 1.30. The number of hydrogen-bond acceptors (Lipinski definition) is 0. The summed E-state index contributed by atoms with van der Waals surface area (Å²) in [6.45, 7) is 0. The van der Waals surface area contributed by atoms with E-state index in [0.29, 0.717) is 0 Å². The highest BCUT2D eigenvalue weighted by Gasteiger charge is 2.07. The van der Waals surface area contributed by atoms with E-state index >= 15 is 0 Å². The van der Waals surface area contributed by atoms with Crippen LogP contribution in [0.4, 0.5) is 0 Å². The molecule has 0 saturated carbocycles. The summed E-state index contributed by atoms with van der Waals surface area (Å²) in [5, 5.41) is 0. The Bertz CT molecular complexity index is 491. The molecule has 0 unspecified atom stereocenters. The van der Waals surface area contributed by atoms with Gasteiger partial charge in [-0.25, -0.2) is 0 Å². The minimum absolute atomic E-state index is 1.30. The fourth-order valence-corrected chi connectivity index (χ4v) is 3.19. The SMILES string of the molecule is c1ccc2c(c1)CCC2.c1ccc2c(c1)CCCC2. The molecule has 0 spiro atoms. The van der Waals surface area contributed by atoms with Gasteiger partial charge in [-0.3, -0.25) is 0 Å². The lowest BCUT2D eigenvalue weighted by atomic mass is 9.92. The van der Waals surface area contributed by atoms with Gasteiger partial charge in [0.05, 0.1) is 0 Å². The molecule has 98 valence electrons. The summed E-state index contributed by atoms with van der Waals surface area (Å²) >= 11 is 0. The smallest absolute Gasteiger partial charge is 0.0273 e. The first-order valence-corrected chi connectivity index (χ1v) is 7.57. The summed E-state index contributed by atoms with van der Waals surface area (Å²) in [5.41, 5.74) is 6.29. The average molecular weight is 250 g/mol. The summed E-state index contributed by atoms with van der Waals surface area (Å²) in [4.78, 5) is 0. The van der Waals surface area contributed by atoms with E-state index in [2.05, 4.69) is 48.5 Å². The second-order valence-corrected chi connectivity index (χ2v) is 5.60. The van der Waals surface area contributed by atoms with Gasteiger partial charge in [0.25, 0.3) is 0 Å². The Balaban J connectivity index is 0.000000117. The largest absolute Gasteiger partial charge is 0.0620 e. The molecule has 0 aromatic heterocycles. The second-order valence-electron chi connectivity index (χ2n) is 5.60. The predicted molar refractivity (Wildman–Crippen MR) is 81.6 cm³/mol. The molecule has 2 aliphatic carbocycles. The van der Waals surface area contributed by atoms with Crippen LogP contribution in [-0.2, 0) is 25.7 Å². The van der Waals surface area contributed by atoms with E-state index in [1.165, 1.54) is 44.9 Å². The van der Waals surface area contributed by atoms with Gasteiger partial charge in [0.1, 0.15) is 0 Å². The third-order valence-electron chi connectivity index (χ3n) is 4.27. The number of rotatable bonds is 0. The summed E-state index contributed by atoms with van der Waals surface area (Å²) in [6.07, 6.45) is 9.34. The maximum Gasteiger partial charge on any atom is -0.0273 e. The Kier molecular flexibility index (Phi) is 3.98. The topological polar surface area (TPSA) is 0 Å². The molecule has 0 saturated heterocycles. The van der Waals surface area contributed by atoms with Crippen molar-refractivity contribution in [3.63, 3.8) is 0 Å². The van der Waals surface area contributed by atoms with E-state index in [4.69, 9.17) is 0 Å². The monoisotopic (exact) mass is 250 g/mol. The van der Waals surface area contributed by atoms with E-state index in [0.717, 1.165) is 0 Å². The van der Waals surface area contributed by atoms with Crippen LogP contribution in [0.1, 0.15) is 41.5 Å². The van der Waals surface area contributed by atoms with Crippen molar-refractivity contribution in [3.8, 4) is 0 Å². The quantitative estimate of drug-likeness (QED) is 0.633. The van der Waals surface area contributed by atoms with Gasteiger partial charge in [0.2, 0.25) is 0 Å². The van der Waals surface area contributed by atoms with Crippen molar-refractivity contribution in [1.82, 2.24) is 0 Å². The number of benzene rings is 2. The Morgan fingerprint density at radius 1 is 0.421 bits per heavy atom. The van der Waals surface area contributed by atoms with Crippen LogP contribution < -0.4 is 0 Å². The van der Waals surface area contributed by atoms with Gasteiger partial charge in [0.15, 0.2) is 0 Å². The molecule has 2 aliphatic rings. The number of fused-ring (bicyclic) bond motifs is 2. The first-order valence-electron chi connectivity index (χ1n) is 7.57. The Hall–Kier alpha value is -1.56. The lowest BCUT2D eigenvalue weighted by Gasteiger charge is -2.13. The molecule has 2 aromatic carbocycles. The Morgan fingerprint density at radius 3 is 1.11 bits per heavy atom. The van der Waals surface area contributed by atoms with Crippen LogP contribution in [0.3, 0.4) is 0 Å². The molecule has 2 aromatic rings. The highest BCUT2D eigenvalue weighted by Crippen LogP contribution is 2.20. The van der Waals surface area contributed by atoms with Crippen LogP contribution in [0, 0.1) is 0 Å². The number of aryl methyl sites for hydroxylation is 4. The maximum absolute atomic E-state index is 2.26. The normalized spacial score (nSPS) is 16.0. The van der Waals surface area contributed by atoms with Crippen molar-refractivity contribution < 1.29 is 0 Å². The summed E-state index contributed by atoms with van der Waals surface area (Å²) < 4.78 is 0. The highest BCUT2D eigenvalue weighted by atomic mass is 14.1. The zero-order valence-electron chi connectivity index (χ0n) is 11.6. The molecule has 0 aliphatic heterocycles. The molecular weight excluding hydrogens is 228 g/mol. The molecule has 4 rings (SSSR count). The van der Waals surface area contributed by atoms with E-state index in [9.17, 15) is 0 Å². The van der Waals surface area contributed by atoms with Crippen LogP contribution in [0.15, 0.2) is 48.5 Å². The standard InChI is InChI=1S/C10H12.C9H10/c1-2-6-10-8-4-3-7-9(10)5-1;1-2-5-9-7-3-6-8(9)4-1/h1-2,5-6H,3-4,7-8H2;1-2,4-5H,3,6-7H2. The third-order valence-corrected chi connectivity index (χ3v) is 4.27. The van der Waals surface area contributed by atoms with E-state index in [1.807, 2.05) is 0 Å². The number of hydrogen-bond donors (Lipinski definition) is 0. The second kappa shape index (κ2) is 6.06. The van der Waals surface area contributed by atoms with Crippen LogP contribution in [-0.4, -0.2) is 0 Å². The molecule has 0 heteroatoms. The fourth-order valence-electron chi connectivity index (χ4n) is 3.19. The van der Waals surface area contributed by atoms with Crippen molar-refractivity contribution >= 4 is 0 Å². The van der Waals surface area contributed by atoms with Crippen LogP contribution in [0.2, 0.25) is 0 Å². The van der Waals surface area contributed by atoms with Crippen molar-refractivity contribution in [1.29, 1.82) is 0 Å². The van der Waals surface area contributed by atoms with Gasteiger partial charge in [0, 0.05) is 0 Å². The van der Waals surface area contributed by atoms with E-state index in [-0.39, 0.29) is 0 Å². The molecule has 19 heavy (non-hydrogen) atoms. The summed E-state index contributed by atoms with van der Waals surface area (Å²) in [6, 6.07) is 17.5. The molecule has 0 amide bonds. The van der Waals surface area contributed by atoms with Crippen LogP contribution >= 0.6 is 0 Å².